The molecule has 8 heteroatoms. The third-order valence-electron chi connectivity index (χ3n) is 8.17. The molecular formula is C28H35N3O5. The summed E-state index contributed by atoms with van der Waals surface area (Å²) in [4.78, 5) is 47.3. The van der Waals surface area contributed by atoms with Gasteiger partial charge in [0.1, 0.15) is 11.6 Å². The summed E-state index contributed by atoms with van der Waals surface area (Å²) < 4.78 is 6.79. The van der Waals surface area contributed by atoms with E-state index < -0.39 is 35.1 Å². The lowest BCUT2D eigenvalue weighted by atomic mass is 9.74. The average Bonchev–Trinajstić information content (AvgIpc) is 3.15. The molecule has 5 rings (SSSR count). The van der Waals surface area contributed by atoms with Gasteiger partial charge in [-0.3, -0.25) is 14.4 Å². The number of anilines is 1. The van der Waals surface area contributed by atoms with Crippen LogP contribution in [0.1, 0.15) is 33.6 Å². The summed E-state index contributed by atoms with van der Waals surface area (Å²) in [5.41, 5.74) is -1.60. The number of likely N-dealkylation sites (tertiary alicyclic amines) is 1. The molecule has 36 heavy (non-hydrogen) atoms. The Bertz CT molecular complexity index is 1100. The maximum atomic E-state index is 14.2. The number of hydrogen-bond donors (Lipinski definition) is 1. The SMILES string of the molecule is CCCCN1CC=C[C@]23O[C@]4(C)C=CCN(c5ccccc5)C(=O)[C@@H]4[C@H]2C(=O)N([C@H](C)CO)C3C1=O. The van der Waals surface area contributed by atoms with Gasteiger partial charge in [-0.05, 0) is 32.4 Å². The number of para-hydroxylation sites is 1. The highest BCUT2D eigenvalue weighted by atomic mass is 16.5. The Kier molecular flexibility index (Phi) is 6.29. The Labute approximate surface area is 212 Å². The Balaban J connectivity index is 1.63. The van der Waals surface area contributed by atoms with Crippen molar-refractivity contribution in [3.8, 4) is 0 Å². The van der Waals surface area contributed by atoms with E-state index in [-0.39, 0.29) is 24.3 Å². The van der Waals surface area contributed by atoms with Gasteiger partial charge in [0.15, 0.2) is 0 Å². The van der Waals surface area contributed by atoms with Gasteiger partial charge in [-0.25, -0.2) is 0 Å². The van der Waals surface area contributed by atoms with E-state index in [2.05, 4.69) is 6.92 Å². The molecule has 0 saturated carbocycles. The van der Waals surface area contributed by atoms with Gasteiger partial charge < -0.3 is 24.5 Å². The van der Waals surface area contributed by atoms with Crippen molar-refractivity contribution in [2.24, 2.45) is 11.8 Å². The summed E-state index contributed by atoms with van der Waals surface area (Å²) in [5.74, 6) is -2.41. The number of amides is 3. The van der Waals surface area contributed by atoms with Crippen molar-refractivity contribution in [2.45, 2.75) is 56.9 Å². The molecule has 8 nitrogen and oxygen atoms in total. The predicted octanol–water partition coefficient (Wildman–Crippen LogP) is 2.14. The number of carbonyl (C=O) groups excluding carboxylic acids is 3. The third kappa shape index (κ3) is 3.53. The molecule has 4 aliphatic heterocycles. The fraction of sp³-hybridized carbons (Fsp3) is 0.536. The van der Waals surface area contributed by atoms with Crippen LogP contribution in [0.4, 0.5) is 5.69 Å². The zero-order chi connectivity index (χ0) is 25.7. The van der Waals surface area contributed by atoms with Crippen molar-refractivity contribution in [3.05, 3.63) is 54.6 Å². The van der Waals surface area contributed by atoms with E-state index in [1.807, 2.05) is 61.6 Å². The van der Waals surface area contributed by atoms with Crippen LogP contribution >= 0.6 is 0 Å². The van der Waals surface area contributed by atoms with Crippen molar-refractivity contribution >= 4 is 23.4 Å². The topological polar surface area (TPSA) is 90.4 Å². The second-order valence-electron chi connectivity index (χ2n) is 10.5. The summed E-state index contributed by atoms with van der Waals surface area (Å²) in [7, 11) is 0. The van der Waals surface area contributed by atoms with Crippen molar-refractivity contribution in [1.29, 1.82) is 0 Å². The number of unbranched alkanes of at least 4 members (excludes halogenated alkanes) is 1. The maximum Gasteiger partial charge on any atom is 0.249 e. The normalized spacial score (nSPS) is 34.4. The number of rotatable bonds is 6. The number of aliphatic hydroxyl groups is 1. The smallest absolute Gasteiger partial charge is 0.249 e. The van der Waals surface area contributed by atoms with E-state index in [4.69, 9.17) is 4.74 Å². The van der Waals surface area contributed by atoms with Gasteiger partial charge in [0.2, 0.25) is 17.7 Å². The summed E-state index contributed by atoms with van der Waals surface area (Å²) >= 11 is 0. The minimum Gasteiger partial charge on any atom is -0.394 e. The molecular weight excluding hydrogens is 458 g/mol. The molecule has 1 N–H and O–H groups in total. The molecule has 6 atom stereocenters. The quantitative estimate of drug-likeness (QED) is 0.614. The van der Waals surface area contributed by atoms with E-state index in [1.54, 1.807) is 16.7 Å². The van der Waals surface area contributed by atoms with Crippen LogP contribution in [0.2, 0.25) is 0 Å². The Morgan fingerprint density at radius 1 is 1.03 bits per heavy atom. The molecule has 0 aromatic heterocycles. The summed E-state index contributed by atoms with van der Waals surface area (Å²) in [6, 6.07) is 7.86. The second-order valence-corrected chi connectivity index (χ2v) is 10.5. The van der Waals surface area contributed by atoms with Crippen LogP contribution in [0.15, 0.2) is 54.6 Å². The minimum atomic E-state index is -1.29. The Hall–Kier alpha value is -2.97. The highest BCUT2D eigenvalue weighted by molar-refractivity contribution is 6.04. The van der Waals surface area contributed by atoms with E-state index in [1.165, 1.54) is 4.90 Å². The van der Waals surface area contributed by atoms with Crippen molar-refractivity contribution in [3.63, 3.8) is 0 Å². The highest BCUT2D eigenvalue weighted by Crippen LogP contribution is 2.58. The molecule has 0 bridgehead atoms. The van der Waals surface area contributed by atoms with Crippen LogP contribution < -0.4 is 4.90 Å². The predicted molar refractivity (Wildman–Crippen MR) is 135 cm³/mol. The van der Waals surface area contributed by atoms with Crippen molar-refractivity contribution < 1.29 is 24.2 Å². The first kappa shape index (κ1) is 24.7. The first-order chi connectivity index (χ1) is 17.3. The lowest BCUT2D eigenvalue weighted by Gasteiger charge is -2.39. The monoisotopic (exact) mass is 493 g/mol. The number of nitrogens with zero attached hydrogens (tertiary/aromatic N) is 3. The zero-order valence-electron chi connectivity index (χ0n) is 21.2. The molecule has 1 aromatic carbocycles. The minimum absolute atomic E-state index is 0.194. The number of benzene rings is 1. The maximum absolute atomic E-state index is 14.2. The van der Waals surface area contributed by atoms with Crippen LogP contribution in [0, 0.1) is 11.8 Å². The first-order valence-electron chi connectivity index (χ1n) is 12.9. The zero-order valence-corrected chi connectivity index (χ0v) is 21.2. The molecule has 192 valence electrons. The Morgan fingerprint density at radius 3 is 2.44 bits per heavy atom. The lowest BCUT2D eigenvalue weighted by molar-refractivity contribution is -0.153. The fourth-order valence-electron chi connectivity index (χ4n) is 6.46. The lowest BCUT2D eigenvalue weighted by Crippen LogP contribution is -2.58. The molecule has 1 unspecified atom stereocenters. The summed E-state index contributed by atoms with van der Waals surface area (Å²) in [6.45, 7) is 6.72. The number of fused-ring (bicyclic) bond motifs is 2. The number of aliphatic hydroxyl groups excluding tert-OH is 1. The molecule has 3 amide bonds. The van der Waals surface area contributed by atoms with Gasteiger partial charge in [0, 0.05) is 25.3 Å². The van der Waals surface area contributed by atoms with Gasteiger partial charge in [-0.15, -0.1) is 0 Å². The molecule has 1 spiro atoms. The van der Waals surface area contributed by atoms with Crippen molar-refractivity contribution in [1.82, 2.24) is 9.80 Å². The van der Waals surface area contributed by atoms with E-state index in [9.17, 15) is 19.5 Å². The second kappa shape index (κ2) is 9.16. The van der Waals surface area contributed by atoms with Crippen molar-refractivity contribution in [2.75, 3.05) is 31.1 Å². The summed E-state index contributed by atoms with van der Waals surface area (Å²) in [5, 5.41) is 10.0. The van der Waals surface area contributed by atoms with Crippen LogP contribution in [0.5, 0.6) is 0 Å². The average molecular weight is 494 g/mol. The molecule has 0 aliphatic carbocycles. The van der Waals surface area contributed by atoms with Gasteiger partial charge in [-0.2, -0.15) is 0 Å². The highest BCUT2D eigenvalue weighted by Gasteiger charge is 2.75. The van der Waals surface area contributed by atoms with Gasteiger partial charge in [0.25, 0.3) is 0 Å². The molecule has 0 radical (unpaired) electrons. The number of carbonyl (C=O) groups is 3. The van der Waals surface area contributed by atoms with Crippen LogP contribution in [0.25, 0.3) is 0 Å². The molecule has 1 aromatic rings. The number of hydrogen-bond acceptors (Lipinski definition) is 5. The van der Waals surface area contributed by atoms with Gasteiger partial charge in [-0.1, -0.05) is 55.8 Å². The largest absolute Gasteiger partial charge is 0.394 e. The first-order valence-corrected chi connectivity index (χ1v) is 12.9. The molecule has 4 aliphatic rings. The van der Waals surface area contributed by atoms with Crippen LogP contribution in [-0.4, -0.2) is 82.2 Å². The third-order valence-corrected chi connectivity index (χ3v) is 8.17. The van der Waals surface area contributed by atoms with Gasteiger partial charge >= 0.3 is 0 Å². The molecule has 2 saturated heterocycles. The van der Waals surface area contributed by atoms with E-state index in [0.29, 0.717) is 19.6 Å². The fourth-order valence-corrected chi connectivity index (χ4v) is 6.46. The standard InChI is InChI=1S/C28H35N3O5/c1-4-5-15-29-16-10-14-28-22(25(34)31(19(2)18-32)23(28)26(29)35)21-24(33)30(20-11-7-6-8-12-20)17-9-13-27(21,3)36-28/h6-14,19,21-23,32H,4-5,15-18H2,1-3H3/t19-,21+,22+,23?,27-,28+/m1/s1. The molecule has 2 fully saturated rings. The summed E-state index contributed by atoms with van der Waals surface area (Å²) in [6.07, 6.45) is 9.33. The molecule has 4 heterocycles. The Morgan fingerprint density at radius 2 is 1.75 bits per heavy atom. The van der Waals surface area contributed by atoms with E-state index >= 15 is 0 Å². The van der Waals surface area contributed by atoms with E-state index in [0.717, 1.165) is 18.5 Å². The van der Waals surface area contributed by atoms with Crippen LogP contribution in [-0.2, 0) is 19.1 Å². The van der Waals surface area contributed by atoms with Crippen LogP contribution in [0.3, 0.4) is 0 Å². The van der Waals surface area contributed by atoms with Gasteiger partial charge in [0.05, 0.1) is 30.1 Å². The number of ether oxygens (including phenoxy) is 1.